The summed E-state index contributed by atoms with van der Waals surface area (Å²) in [6.07, 6.45) is -0.697. The molecule has 1 aliphatic heterocycles. The van der Waals surface area contributed by atoms with Crippen LogP contribution in [0.3, 0.4) is 0 Å². The lowest BCUT2D eigenvalue weighted by Gasteiger charge is -2.37. The number of carboxylic acids is 1. The molecule has 2 atom stereocenters. The summed E-state index contributed by atoms with van der Waals surface area (Å²) >= 11 is 1.60. The molecule has 6 nitrogen and oxygen atoms in total. The Morgan fingerprint density at radius 1 is 1.10 bits per heavy atom. The third kappa shape index (κ3) is 4.81. The van der Waals surface area contributed by atoms with Crippen LogP contribution < -0.4 is 4.74 Å². The zero-order valence-electron chi connectivity index (χ0n) is 16.6. The monoisotopic (exact) mass is 458 g/mol. The minimum atomic E-state index is -3.61. The molecule has 0 radical (unpaired) electrons. The van der Waals surface area contributed by atoms with Gasteiger partial charge < -0.3 is 14.6 Å². The first kappa shape index (κ1) is 21.5. The second-order valence-electron chi connectivity index (χ2n) is 7.48. The molecule has 1 fully saturated rings. The van der Waals surface area contributed by atoms with Crippen molar-refractivity contribution in [3.8, 4) is 16.9 Å². The molecule has 1 N–H and O–H groups in total. The number of ether oxygens (including phenoxy) is 2. The molecule has 31 heavy (non-hydrogen) atoms. The number of sulfone groups is 1. The zero-order valence-corrected chi connectivity index (χ0v) is 18.3. The highest BCUT2D eigenvalue weighted by Gasteiger charge is 2.47. The van der Waals surface area contributed by atoms with E-state index in [1.807, 2.05) is 29.0 Å². The highest BCUT2D eigenvalue weighted by molar-refractivity contribution is 7.91. The molecule has 0 bridgehead atoms. The van der Waals surface area contributed by atoms with E-state index >= 15 is 0 Å². The lowest BCUT2D eigenvalue weighted by Crippen LogP contribution is -2.52. The van der Waals surface area contributed by atoms with Crippen LogP contribution >= 0.6 is 11.3 Å². The molecule has 1 aromatic heterocycles. The van der Waals surface area contributed by atoms with E-state index in [0.717, 1.165) is 11.1 Å². The van der Waals surface area contributed by atoms with Gasteiger partial charge in [-0.15, -0.1) is 0 Å². The summed E-state index contributed by atoms with van der Waals surface area (Å²) in [5, 5.41) is 14.0. The molecule has 3 aromatic rings. The standard InChI is InChI=1S/C23H22O6S2/c24-22(25)23(29-19-8-6-17(7-9-19)18-10-13-30-15-18)11-12-28-20(14-23)16-31(26,27)21-4-2-1-3-5-21/h1-10,13,15,20H,11-12,14,16H2,(H,24,25). The van der Waals surface area contributed by atoms with Crippen LogP contribution in [-0.4, -0.2) is 43.6 Å². The first-order valence-electron chi connectivity index (χ1n) is 9.82. The lowest BCUT2D eigenvalue weighted by molar-refractivity contribution is -0.168. The van der Waals surface area contributed by atoms with Crippen molar-refractivity contribution >= 4 is 27.1 Å². The number of carboxylic acid groups (broad SMARTS) is 1. The predicted molar refractivity (Wildman–Crippen MR) is 118 cm³/mol. The maximum Gasteiger partial charge on any atom is 0.348 e. The molecule has 2 aromatic carbocycles. The fourth-order valence-electron chi connectivity index (χ4n) is 3.70. The summed E-state index contributed by atoms with van der Waals surface area (Å²) in [5.41, 5.74) is 0.553. The van der Waals surface area contributed by atoms with Gasteiger partial charge in [-0.05, 0) is 52.2 Å². The molecule has 0 spiro atoms. The molecule has 4 rings (SSSR count). The first-order valence-corrected chi connectivity index (χ1v) is 12.4. The van der Waals surface area contributed by atoms with Gasteiger partial charge in [0.05, 0.1) is 23.4 Å². The van der Waals surface area contributed by atoms with Crippen LogP contribution in [0.1, 0.15) is 12.8 Å². The Labute approximate surface area is 185 Å². The largest absolute Gasteiger partial charge is 0.478 e. The van der Waals surface area contributed by atoms with Crippen molar-refractivity contribution in [3.63, 3.8) is 0 Å². The van der Waals surface area contributed by atoms with Crippen molar-refractivity contribution in [1.82, 2.24) is 0 Å². The maximum absolute atomic E-state index is 12.7. The number of thiophene rings is 1. The van der Waals surface area contributed by atoms with Crippen LogP contribution in [0.2, 0.25) is 0 Å². The molecular weight excluding hydrogens is 436 g/mol. The third-order valence-corrected chi connectivity index (χ3v) is 7.82. The van der Waals surface area contributed by atoms with E-state index < -0.39 is 27.5 Å². The highest BCUT2D eigenvalue weighted by atomic mass is 32.2. The molecule has 2 unspecified atom stereocenters. The summed E-state index contributed by atoms with van der Waals surface area (Å²) in [6.45, 7) is 0.105. The quantitative estimate of drug-likeness (QED) is 0.569. The smallest absolute Gasteiger partial charge is 0.348 e. The van der Waals surface area contributed by atoms with E-state index in [4.69, 9.17) is 9.47 Å². The molecule has 0 saturated carbocycles. The Bertz CT molecular complexity index is 1120. The summed E-state index contributed by atoms with van der Waals surface area (Å²) in [6, 6.07) is 17.3. The van der Waals surface area contributed by atoms with Gasteiger partial charge in [0.1, 0.15) is 5.75 Å². The summed E-state index contributed by atoms with van der Waals surface area (Å²) in [4.78, 5) is 12.4. The second kappa shape index (κ2) is 8.82. The Morgan fingerprint density at radius 3 is 2.48 bits per heavy atom. The Kier molecular flexibility index (Phi) is 6.13. The van der Waals surface area contributed by atoms with Crippen molar-refractivity contribution in [1.29, 1.82) is 0 Å². The predicted octanol–water partition coefficient (Wildman–Crippen LogP) is 4.27. The molecule has 162 valence electrons. The molecule has 2 heterocycles. The van der Waals surface area contributed by atoms with Gasteiger partial charge in [-0.2, -0.15) is 11.3 Å². The lowest BCUT2D eigenvalue weighted by atomic mass is 9.90. The van der Waals surface area contributed by atoms with E-state index in [1.165, 1.54) is 12.1 Å². The van der Waals surface area contributed by atoms with Gasteiger partial charge in [0.25, 0.3) is 0 Å². The number of hydrogen-bond acceptors (Lipinski definition) is 6. The maximum atomic E-state index is 12.7. The van der Waals surface area contributed by atoms with Gasteiger partial charge in [0, 0.05) is 12.8 Å². The van der Waals surface area contributed by atoms with Crippen molar-refractivity contribution in [2.24, 2.45) is 0 Å². The SMILES string of the molecule is O=C(O)C1(Oc2ccc(-c3ccsc3)cc2)CCOC(CS(=O)(=O)c2ccccc2)C1. The van der Waals surface area contributed by atoms with Gasteiger partial charge in [-0.1, -0.05) is 30.3 Å². The van der Waals surface area contributed by atoms with Gasteiger partial charge in [-0.3, -0.25) is 0 Å². The zero-order chi connectivity index (χ0) is 21.9. The molecule has 1 aliphatic rings. The Hall–Kier alpha value is -2.68. The van der Waals surface area contributed by atoms with E-state index in [0.29, 0.717) is 5.75 Å². The van der Waals surface area contributed by atoms with Crippen LogP contribution in [0.5, 0.6) is 5.75 Å². The van der Waals surface area contributed by atoms with Crippen molar-refractivity contribution < 1.29 is 27.8 Å². The van der Waals surface area contributed by atoms with Crippen molar-refractivity contribution in [3.05, 3.63) is 71.4 Å². The molecule has 0 aliphatic carbocycles. The Balaban J connectivity index is 1.51. The van der Waals surface area contributed by atoms with E-state index in [9.17, 15) is 18.3 Å². The summed E-state index contributed by atoms with van der Waals surface area (Å²) in [5.74, 6) is -1.00. The molecular formula is C23H22O6S2. The summed E-state index contributed by atoms with van der Waals surface area (Å²) < 4.78 is 37.0. The fraction of sp³-hybridized carbons (Fsp3) is 0.261. The van der Waals surface area contributed by atoms with Crippen molar-refractivity contribution in [2.45, 2.75) is 29.4 Å². The fourth-order valence-corrected chi connectivity index (χ4v) is 5.83. The molecule has 8 heteroatoms. The summed E-state index contributed by atoms with van der Waals surface area (Å²) in [7, 11) is -3.61. The average molecular weight is 459 g/mol. The first-order chi connectivity index (χ1) is 14.9. The minimum Gasteiger partial charge on any atom is -0.478 e. The van der Waals surface area contributed by atoms with E-state index in [-0.39, 0.29) is 30.1 Å². The van der Waals surface area contributed by atoms with Gasteiger partial charge in [-0.25, -0.2) is 13.2 Å². The minimum absolute atomic E-state index is 0.0549. The van der Waals surface area contributed by atoms with Gasteiger partial charge >= 0.3 is 5.97 Å². The van der Waals surface area contributed by atoms with Crippen LogP contribution in [0, 0.1) is 0 Å². The number of hydrogen-bond donors (Lipinski definition) is 1. The van der Waals surface area contributed by atoms with Crippen LogP contribution in [-0.2, 0) is 19.4 Å². The molecule has 1 saturated heterocycles. The molecule has 0 amide bonds. The Morgan fingerprint density at radius 2 is 1.84 bits per heavy atom. The third-order valence-electron chi connectivity index (χ3n) is 5.34. The number of carbonyl (C=O) groups is 1. The highest BCUT2D eigenvalue weighted by Crippen LogP contribution is 2.33. The van der Waals surface area contributed by atoms with E-state index in [1.54, 1.807) is 41.7 Å². The second-order valence-corrected chi connectivity index (χ2v) is 10.3. The van der Waals surface area contributed by atoms with Crippen LogP contribution in [0.4, 0.5) is 0 Å². The number of aliphatic carboxylic acids is 1. The van der Waals surface area contributed by atoms with Crippen molar-refractivity contribution in [2.75, 3.05) is 12.4 Å². The average Bonchev–Trinajstić information content (AvgIpc) is 3.30. The number of rotatable bonds is 7. The van der Waals surface area contributed by atoms with Gasteiger partial charge in [0.2, 0.25) is 5.60 Å². The topological polar surface area (TPSA) is 89.9 Å². The van der Waals surface area contributed by atoms with Crippen LogP contribution in [0.15, 0.2) is 76.3 Å². The normalized spacial score (nSPS) is 21.5. The van der Waals surface area contributed by atoms with Crippen LogP contribution in [0.25, 0.3) is 11.1 Å². The van der Waals surface area contributed by atoms with Gasteiger partial charge in [0.15, 0.2) is 9.84 Å². The number of benzene rings is 2. The van der Waals surface area contributed by atoms with E-state index in [2.05, 4.69) is 0 Å².